The van der Waals surface area contributed by atoms with Gasteiger partial charge in [0.05, 0.1) is 11.6 Å². The highest BCUT2D eigenvalue weighted by atomic mass is 32.1. The van der Waals surface area contributed by atoms with Crippen LogP contribution in [0.25, 0.3) is 0 Å². The molecule has 2 aromatic rings. The Morgan fingerprint density at radius 3 is 2.71 bits per heavy atom. The first-order chi connectivity index (χ1) is 11.6. The van der Waals surface area contributed by atoms with E-state index in [1.165, 1.54) is 17.7 Å². The Morgan fingerprint density at radius 1 is 1.33 bits per heavy atom. The number of pyridine rings is 1. The van der Waals surface area contributed by atoms with Crippen LogP contribution < -0.4 is 10.2 Å². The van der Waals surface area contributed by atoms with Crippen LogP contribution in [0.15, 0.2) is 35.8 Å². The van der Waals surface area contributed by atoms with Gasteiger partial charge in [0.2, 0.25) is 0 Å². The number of nitrogens with zero attached hydrogens (tertiary/aromatic N) is 3. The molecule has 0 unspecified atom stereocenters. The number of rotatable bonds is 6. The van der Waals surface area contributed by atoms with E-state index in [-0.39, 0.29) is 11.9 Å². The van der Waals surface area contributed by atoms with E-state index >= 15 is 0 Å². The summed E-state index contributed by atoms with van der Waals surface area (Å²) in [7, 11) is 3.87. The molecule has 6 heteroatoms. The van der Waals surface area contributed by atoms with Crippen LogP contribution in [0.4, 0.5) is 5.82 Å². The quantitative estimate of drug-likeness (QED) is 0.875. The van der Waals surface area contributed by atoms with Gasteiger partial charge in [-0.2, -0.15) is 0 Å². The van der Waals surface area contributed by atoms with Crippen LogP contribution in [0.3, 0.4) is 0 Å². The zero-order chi connectivity index (χ0) is 16.9. The lowest BCUT2D eigenvalue weighted by atomic mass is 10.2. The summed E-state index contributed by atoms with van der Waals surface area (Å²) >= 11 is 1.76. The van der Waals surface area contributed by atoms with Crippen LogP contribution in [0.2, 0.25) is 0 Å². The van der Waals surface area contributed by atoms with Crippen molar-refractivity contribution in [1.82, 2.24) is 15.2 Å². The normalized spacial score (nSPS) is 16.1. The second kappa shape index (κ2) is 7.77. The van der Waals surface area contributed by atoms with Crippen LogP contribution in [-0.2, 0) is 0 Å². The van der Waals surface area contributed by atoms with Gasteiger partial charge >= 0.3 is 0 Å². The zero-order valence-electron chi connectivity index (χ0n) is 14.2. The van der Waals surface area contributed by atoms with Crippen LogP contribution in [0, 0.1) is 0 Å². The third-order valence-corrected chi connectivity index (χ3v) is 5.35. The lowest BCUT2D eigenvalue weighted by Gasteiger charge is -2.26. The van der Waals surface area contributed by atoms with Crippen molar-refractivity contribution in [2.75, 3.05) is 38.6 Å². The van der Waals surface area contributed by atoms with Gasteiger partial charge in [-0.25, -0.2) is 4.98 Å². The van der Waals surface area contributed by atoms with Crippen molar-refractivity contribution in [1.29, 1.82) is 0 Å². The second-order valence-corrected chi connectivity index (χ2v) is 7.26. The van der Waals surface area contributed by atoms with Crippen molar-refractivity contribution < 1.29 is 4.79 Å². The predicted octanol–water partition coefficient (Wildman–Crippen LogP) is 2.78. The Morgan fingerprint density at radius 2 is 2.12 bits per heavy atom. The summed E-state index contributed by atoms with van der Waals surface area (Å²) in [6, 6.07) is 8.20. The summed E-state index contributed by atoms with van der Waals surface area (Å²) in [5.41, 5.74) is 0.604. The standard InChI is InChI=1S/C18H24N4OS/c1-21(2)17-8-7-14(12-19-17)18(23)20-13-15(16-6-5-11-24-16)22-9-3-4-10-22/h5-8,11-12,15H,3-4,9-10,13H2,1-2H3,(H,20,23)/t15-/m0/s1. The first kappa shape index (κ1) is 16.9. The number of hydrogen-bond acceptors (Lipinski definition) is 5. The van der Waals surface area contributed by atoms with Gasteiger partial charge in [-0.15, -0.1) is 11.3 Å². The lowest BCUT2D eigenvalue weighted by Crippen LogP contribution is -2.36. The molecule has 1 aliphatic heterocycles. The van der Waals surface area contributed by atoms with E-state index in [4.69, 9.17) is 0 Å². The average Bonchev–Trinajstić information content (AvgIpc) is 3.29. The van der Waals surface area contributed by atoms with E-state index in [0.717, 1.165) is 18.9 Å². The fraction of sp³-hybridized carbons (Fsp3) is 0.444. The van der Waals surface area contributed by atoms with Crippen LogP contribution in [0.1, 0.15) is 34.1 Å². The molecule has 1 aliphatic rings. The molecule has 1 saturated heterocycles. The number of carbonyl (C=O) groups is 1. The van der Waals surface area contributed by atoms with Crippen molar-refractivity contribution in [3.05, 3.63) is 46.3 Å². The zero-order valence-corrected chi connectivity index (χ0v) is 15.1. The molecule has 0 spiro atoms. The largest absolute Gasteiger partial charge is 0.363 e. The fourth-order valence-corrected chi connectivity index (χ4v) is 3.88. The summed E-state index contributed by atoms with van der Waals surface area (Å²) in [5.74, 6) is 0.786. The number of hydrogen-bond donors (Lipinski definition) is 1. The number of aromatic nitrogens is 1. The Bertz CT molecular complexity index is 648. The second-order valence-electron chi connectivity index (χ2n) is 6.28. The number of thiophene rings is 1. The van der Waals surface area contributed by atoms with Crippen molar-refractivity contribution in [2.45, 2.75) is 18.9 Å². The van der Waals surface area contributed by atoms with Crippen molar-refractivity contribution >= 4 is 23.1 Å². The van der Waals surface area contributed by atoms with Crippen LogP contribution in [0.5, 0.6) is 0 Å². The van der Waals surface area contributed by atoms with Gasteiger partial charge in [-0.1, -0.05) is 6.07 Å². The van der Waals surface area contributed by atoms with Gasteiger partial charge in [0.1, 0.15) is 5.82 Å². The van der Waals surface area contributed by atoms with E-state index in [1.807, 2.05) is 31.1 Å². The average molecular weight is 344 g/mol. The van der Waals surface area contributed by atoms with Gasteiger partial charge in [-0.3, -0.25) is 9.69 Å². The molecule has 1 amide bonds. The molecule has 2 aromatic heterocycles. The minimum atomic E-state index is -0.0615. The minimum absolute atomic E-state index is 0.0615. The SMILES string of the molecule is CN(C)c1ccc(C(=O)NC[C@@H](c2cccs2)N2CCCC2)cn1. The monoisotopic (exact) mass is 344 g/mol. The molecule has 1 fully saturated rings. The third kappa shape index (κ3) is 3.94. The molecule has 0 bridgehead atoms. The summed E-state index contributed by atoms with van der Waals surface area (Å²) in [6.07, 6.45) is 4.12. The number of nitrogens with one attached hydrogen (secondary N) is 1. The van der Waals surface area contributed by atoms with Crippen molar-refractivity contribution in [2.24, 2.45) is 0 Å². The van der Waals surface area contributed by atoms with Crippen molar-refractivity contribution in [3.8, 4) is 0 Å². The first-order valence-corrected chi connectivity index (χ1v) is 9.22. The van der Waals surface area contributed by atoms with Gasteiger partial charge in [0.15, 0.2) is 0 Å². The Kier molecular flexibility index (Phi) is 5.48. The first-order valence-electron chi connectivity index (χ1n) is 8.34. The Labute approximate surface area is 147 Å². The number of amides is 1. The highest BCUT2D eigenvalue weighted by Gasteiger charge is 2.24. The lowest BCUT2D eigenvalue weighted by molar-refractivity contribution is 0.0938. The topological polar surface area (TPSA) is 48.5 Å². The van der Waals surface area contributed by atoms with Crippen molar-refractivity contribution in [3.63, 3.8) is 0 Å². The fourth-order valence-electron chi connectivity index (χ4n) is 3.02. The molecule has 0 aliphatic carbocycles. The maximum Gasteiger partial charge on any atom is 0.252 e. The molecule has 1 N–H and O–H groups in total. The smallest absolute Gasteiger partial charge is 0.252 e. The van der Waals surface area contributed by atoms with Gasteiger partial charge in [-0.05, 0) is 49.5 Å². The van der Waals surface area contributed by atoms with Gasteiger partial charge < -0.3 is 10.2 Å². The molecular formula is C18H24N4OS. The van der Waals surface area contributed by atoms with Gasteiger partial charge in [0, 0.05) is 31.7 Å². The summed E-state index contributed by atoms with van der Waals surface area (Å²) < 4.78 is 0. The maximum atomic E-state index is 12.4. The number of likely N-dealkylation sites (tertiary alicyclic amines) is 1. The highest BCUT2D eigenvalue weighted by Crippen LogP contribution is 2.27. The molecule has 3 heterocycles. The molecule has 3 rings (SSSR count). The minimum Gasteiger partial charge on any atom is -0.363 e. The third-order valence-electron chi connectivity index (χ3n) is 4.38. The maximum absolute atomic E-state index is 12.4. The Balaban J connectivity index is 1.64. The molecule has 0 aromatic carbocycles. The molecule has 0 radical (unpaired) electrons. The summed E-state index contributed by atoms with van der Waals surface area (Å²) in [4.78, 5) is 22.5. The van der Waals surface area contributed by atoms with Crippen LogP contribution >= 0.6 is 11.3 Å². The van der Waals surface area contributed by atoms with Gasteiger partial charge in [0.25, 0.3) is 5.91 Å². The summed E-state index contributed by atoms with van der Waals surface area (Å²) in [6.45, 7) is 2.85. The number of anilines is 1. The Hall–Kier alpha value is -1.92. The van der Waals surface area contributed by atoms with Crippen LogP contribution in [-0.4, -0.2) is 49.5 Å². The predicted molar refractivity (Wildman–Crippen MR) is 98.8 cm³/mol. The van der Waals surface area contributed by atoms with E-state index < -0.39 is 0 Å². The summed E-state index contributed by atoms with van der Waals surface area (Å²) in [5, 5.41) is 5.19. The molecule has 1 atom stereocenters. The number of carbonyl (C=O) groups excluding carboxylic acids is 1. The molecule has 0 saturated carbocycles. The van der Waals surface area contributed by atoms with E-state index in [9.17, 15) is 4.79 Å². The van der Waals surface area contributed by atoms with E-state index in [1.54, 1.807) is 17.5 Å². The van der Waals surface area contributed by atoms with E-state index in [2.05, 4.69) is 32.7 Å². The molecular weight excluding hydrogens is 320 g/mol. The van der Waals surface area contributed by atoms with E-state index in [0.29, 0.717) is 12.1 Å². The molecule has 24 heavy (non-hydrogen) atoms. The molecule has 5 nitrogen and oxygen atoms in total. The highest BCUT2D eigenvalue weighted by molar-refractivity contribution is 7.10. The molecule has 128 valence electrons.